The Morgan fingerprint density at radius 1 is 1.09 bits per heavy atom. The molecule has 4 aromatic rings. The standard InChI is InChI=1S/C24H24ClN5O3/c1-33-12-11-30-22(26)20(23(31)28-24(30)32)29(14-16-7-3-2-4-8-16)15-18-13-17-9-5-6-10-19(17)27-21(18)25/h2-10,13H,11-12,14-15,26H2,1H3,(H,28,31,32). The van der Waals surface area contributed by atoms with E-state index in [4.69, 9.17) is 22.1 Å². The SMILES string of the molecule is COCCn1c(N)c(N(Cc2ccccc2)Cc2cc3ccccc3nc2Cl)c(=O)[nH]c1=O. The Morgan fingerprint density at radius 3 is 2.58 bits per heavy atom. The molecule has 0 spiro atoms. The van der Waals surface area contributed by atoms with Crippen LogP contribution in [0.1, 0.15) is 11.1 Å². The molecule has 4 rings (SSSR count). The van der Waals surface area contributed by atoms with Crippen molar-refractivity contribution in [2.24, 2.45) is 0 Å². The molecule has 2 heterocycles. The Kier molecular flexibility index (Phi) is 6.76. The average Bonchev–Trinajstić information content (AvgIpc) is 2.80. The van der Waals surface area contributed by atoms with Crippen LogP contribution in [0, 0.1) is 0 Å². The van der Waals surface area contributed by atoms with Gasteiger partial charge in [-0.2, -0.15) is 0 Å². The number of rotatable bonds is 8. The maximum atomic E-state index is 12.9. The van der Waals surface area contributed by atoms with Crippen LogP contribution in [0.5, 0.6) is 0 Å². The maximum Gasteiger partial charge on any atom is 0.330 e. The molecule has 0 saturated carbocycles. The first kappa shape index (κ1) is 22.6. The number of nitrogens with two attached hydrogens (primary N) is 1. The molecule has 0 amide bonds. The van der Waals surface area contributed by atoms with Crippen molar-refractivity contribution in [2.75, 3.05) is 24.4 Å². The number of benzene rings is 2. The Morgan fingerprint density at radius 2 is 1.82 bits per heavy atom. The van der Waals surface area contributed by atoms with Gasteiger partial charge in [-0.3, -0.25) is 14.3 Å². The Balaban J connectivity index is 1.82. The number of H-pyrrole nitrogens is 1. The van der Waals surface area contributed by atoms with Gasteiger partial charge in [-0.1, -0.05) is 60.1 Å². The summed E-state index contributed by atoms with van der Waals surface area (Å²) in [6.45, 7) is 1.12. The van der Waals surface area contributed by atoms with E-state index in [1.54, 1.807) is 0 Å². The van der Waals surface area contributed by atoms with Gasteiger partial charge in [0.1, 0.15) is 16.7 Å². The highest BCUT2D eigenvalue weighted by molar-refractivity contribution is 6.30. The molecule has 9 heteroatoms. The third kappa shape index (κ3) is 4.92. The minimum Gasteiger partial charge on any atom is -0.383 e. The molecule has 0 radical (unpaired) electrons. The van der Waals surface area contributed by atoms with Crippen LogP contribution in [0.25, 0.3) is 10.9 Å². The summed E-state index contributed by atoms with van der Waals surface area (Å²) in [7, 11) is 1.53. The number of nitrogen functional groups attached to an aromatic ring is 1. The lowest BCUT2D eigenvalue weighted by Gasteiger charge is -2.27. The van der Waals surface area contributed by atoms with E-state index in [2.05, 4.69) is 9.97 Å². The Labute approximate surface area is 195 Å². The number of hydrogen-bond acceptors (Lipinski definition) is 6. The zero-order valence-electron chi connectivity index (χ0n) is 18.1. The Hall–Kier alpha value is -3.62. The van der Waals surface area contributed by atoms with Crippen molar-refractivity contribution < 1.29 is 4.74 Å². The van der Waals surface area contributed by atoms with Crippen molar-refractivity contribution in [3.8, 4) is 0 Å². The highest BCUT2D eigenvalue weighted by Gasteiger charge is 2.21. The number of pyridine rings is 1. The second-order valence-corrected chi connectivity index (χ2v) is 7.97. The van der Waals surface area contributed by atoms with E-state index < -0.39 is 11.2 Å². The number of aromatic nitrogens is 3. The van der Waals surface area contributed by atoms with Crippen LogP contribution in [-0.2, 0) is 24.4 Å². The highest BCUT2D eigenvalue weighted by Crippen LogP contribution is 2.26. The highest BCUT2D eigenvalue weighted by atomic mass is 35.5. The largest absolute Gasteiger partial charge is 0.383 e. The predicted octanol–water partition coefficient (Wildman–Crippen LogP) is 3.17. The number of nitrogens with one attached hydrogen (secondary N) is 1. The van der Waals surface area contributed by atoms with E-state index in [0.717, 1.165) is 22.0 Å². The van der Waals surface area contributed by atoms with Gasteiger partial charge in [0, 0.05) is 31.1 Å². The molecule has 0 saturated heterocycles. The second kappa shape index (κ2) is 9.89. The number of fused-ring (bicyclic) bond motifs is 1. The van der Waals surface area contributed by atoms with Gasteiger partial charge in [-0.15, -0.1) is 0 Å². The van der Waals surface area contributed by atoms with Crippen LogP contribution in [0.4, 0.5) is 11.5 Å². The minimum atomic E-state index is -0.580. The number of aromatic amines is 1. The molecule has 0 fully saturated rings. The molecular weight excluding hydrogens is 442 g/mol. The van der Waals surface area contributed by atoms with E-state index in [1.807, 2.05) is 65.6 Å². The molecule has 170 valence electrons. The molecule has 0 aliphatic rings. The first-order valence-electron chi connectivity index (χ1n) is 10.4. The van der Waals surface area contributed by atoms with E-state index in [1.165, 1.54) is 11.7 Å². The monoisotopic (exact) mass is 465 g/mol. The van der Waals surface area contributed by atoms with Crippen molar-refractivity contribution >= 4 is 34.0 Å². The summed E-state index contributed by atoms with van der Waals surface area (Å²) < 4.78 is 6.39. The molecule has 0 unspecified atom stereocenters. The summed E-state index contributed by atoms with van der Waals surface area (Å²) in [6.07, 6.45) is 0. The summed E-state index contributed by atoms with van der Waals surface area (Å²) in [5.41, 5.74) is 7.90. The van der Waals surface area contributed by atoms with Gasteiger partial charge in [-0.25, -0.2) is 9.78 Å². The van der Waals surface area contributed by atoms with Gasteiger partial charge >= 0.3 is 5.69 Å². The number of methoxy groups -OCH3 is 1. The lowest BCUT2D eigenvalue weighted by molar-refractivity contribution is 0.186. The van der Waals surface area contributed by atoms with Gasteiger partial charge in [0.2, 0.25) is 0 Å². The number of halogens is 1. The van der Waals surface area contributed by atoms with Crippen LogP contribution >= 0.6 is 11.6 Å². The molecule has 0 aliphatic carbocycles. The molecule has 0 aliphatic heterocycles. The predicted molar refractivity (Wildman–Crippen MR) is 131 cm³/mol. The van der Waals surface area contributed by atoms with Crippen molar-refractivity contribution in [1.29, 1.82) is 0 Å². The molecule has 2 aromatic heterocycles. The fourth-order valence-electron chi connectivity index (χ4n) is 3.76. The first-order valence-corrected chi connectivity index (χ1v) is 10.8. The number of para-hydroxylation sites is 1. The van der Waals surface area contributed by atoms with E-state index in [-0.39, 0.29) is 31.2 Å². The van der Waals surface area contributed by atoms with E-state index >= 15 is 0 Å². The zero-order chi connectivity index (χ0) is 23.4. The summed E-state index contributed by atoms with van der Waals surface area (Å²) >= 11 is 6.52. The molecule has 33 heavy (non-hydrogen) atoms. The van der Waals surface area contributed by atoms with Crippen LogP contribution in [0.3, 0.4) is 0 Å². The fraction of sp³-hybridized carbons (Fsp3) is 0.208. The van der Waals surface area contributed by atoms with Crippen LogP contribution < -0.4 is 21.9 Å². The van der Waals surface area contributed by atoms with E-state index in [0.29, 0.717) is 11.7 Å². The van der Waals surface area contributed by atoms with Crippen molar-refractivity contribution in [2.45, 2.75) is 19.6 Å². The number of hydrogen-bond donors (Lipinski definition) is 2. The van der Waals surface area contributed by atoms with Crippen molar-refractivity contribution in [1.82, 2.24) is 14.5 Å². The Bertz CT molecular complexity index is 1380. The maximum absolute atomic E-state index is 12.9. The molecule has 8 nitrogen and oxygen atoms in total. The van der Waals surface area contributed by atoms with E-state index in [9.17, 15) is 9.59 Å². The first-order chi connectivity index (χ1) is 16.0. The summed E-state index contributed by atoms with van der Waals surface area (Å²) in [5.74, 6) is 0.0709. The van der Waals surface area contributed by atoms with Gasteiger partial charge < -0.3 is 15.4 Å². The van der Waals surface area contributed by atoms with Gasteiger partial charge in [-0.05, 0) is 17.7 Å². The topological polar surface area (TPSA) is 106 Å². The quantitative estimate of drug-likeness (QED) is 0.387. The van der Waals surface area contributed by atoms with Crippen LogP contribution in [0.15, 0.2) is 70.3 Å². The summed E-state index contributed by atoms with van der Waals surface area (Å²) in [6, 6.07) is 19.3. The molecule has 3 N–H and O–H groups in total. The van der Waals surface area contributed by atoms with Crippen molar-refractivity contribution in [3.63, 3.8) is 0 Å². The van der Waals surface area contributed by atoms with Gasteiger partial charge in [0.05, 0.1) is 18.7 Å². The molecule has 2 aromatic carbocycles. The van der Waals surface area contributed by atoms with Crippen molar-refractivity contribution in [3.05, 3.63) is 97.8 Å². The lowest BCUT2D eigenvalue weighted by atomic mass is 10.1. The van der Waals surface area contributed by atoms with Crippen LogP contribution in [-0.4, -0.2) is 28.3 Å². The lowest BCUT2D eigenvalue weighted by Crippen LogP contribution is -2.38. The molecule has 0 bridgehead atoms. The number of nitrogens with zero attached hydrogens (tertiary/aromatic N) is 3. The summed E-state index contributed by atoms with van der Waals surface area (Å²) in [5, 5.41) is 1.28. The van der Waals surface area contributed by atoms with Gasteiger partial charge in [0.15, 0.2) is 0 Å². The van der Waals surface area contributed by atoms with Gasteiger partial charge in [0.25, 0.3) is 5.56 Å². The smallest absolute Gasteiger partial charge is 0.330 e. The number of anilines is 2. The second-order valence-electron chi connectivity index (χ2n) is 7.61. The minimum absolute atomic E-state index is 0.0709. The normalized spacial score (nSPS) is 11.1. The molecular formula is C24H24ClN5O3. The number of ether oxygens (including phenoxy) is 1. The third-order valence-electron chi connectivity index (χ3n) is 5.38. The molecule has 0 atom stereocenters. The zero-order valence-corrected chi connectivity index (χ0v) is 18.9. The van der Waals surface area contributed by atoms with Crippen LogP contribution in [0.2, 0.25) is 5.15 Å². The fourth-order valence-corrected chi connectivity index (χ4v) is 3.96. The average molecular weight is 466 g/mol. The third-order valence-corrected chi connectivity index (χ3v) is 5.70. The summed E-state index contributed by atoms with van der Waals surface area (Å²) in [4.78, 5) is 34.0.